The van der Waals surface area contributed by atoms with Crippen LogP contribution in [0.5, 0.6) is 0 Å². The number of nitrogens with zero attached hydrogens (tertiary/aromatic N) is 1. The van der Waals surface area contributed by atoms with Crippen LogP contribution in [0.3, 0.4) is 0 Å². The fraction of sp³-hybridized carbons (Fsp3) is 0.615. The van der Waals surface area contributed by atoms with Crippen LogP contribution in [-0.4, -0.2) is 37.0 Å². The van der Waals surface area contributed by atoms with Gasteiger partial charge in [0.2, 0.25) is 0 Å². The van der Waals surface area contributed by atoms with Crippen LogP contribution in [0.25, 0.3) is 0 Å². The normalized spacial score (nSPS) is 11.3. The van der Waals surface area contributed by atoms with Crippen molar-refractivity contribution in [3.05, 3.63) is 19.2 Å². The Labute approximate surface area is 136 Å². The van der Waals surface area contributed by atoms with Gasteiger partial charge in [0.15, 0.2) is 0 Å². The van der Waals surface area contributed by atoms with E-state index in [1.807, 2.05) is 6.07 Å². The third-order valence-corrected chi connectivity index (χ3v) is 6.23. The molecule has 0 spiro atoms. The first kappa shape index (κ1) is 17.1. The molecule has 0 aliphatic heterocycles. The maximum atomic E-state index is 11.9. The van der Waals surface area contributed by atoms with Gasteiger partial charge < -0.3 is 10.2 Å². The number of carbonyl (C=O) groups excluding carboxylic acids is 1. The van der Waals surface area contributed by atoms with Crippen LogP contribution in [-0.2, 0) is 0 Å². The summed E-state index contributed by atoms with van der Waals surface area (Å²) < 4.78 is 1.89. The lowest BCUT2D eigenvalue weighted by Gasteiger charge is -2.20. The molecule has 0 aromatic carbocycles. The fourth-order valence-electron chi connectivity index (χ4n) is 1.49. The molecule has 1 rings (SSSR count). The van der Waals surface area contributed by atoms with Gasteiger partial charge in [-0.25, -0.2) is 0 Å². The predicted octanol–water partition coefficient (Wildman–Crippen LogP) is 4.12. The van der Waals surface area contributed by atoms with Gasteiger partial charge in [0.05, 0.1) is 8.66 Å². The van der Waals surface area contributed by atoms with Gasteiger partial charge in [-0.2, -0.15) is 0 Å². The molecule has 3 nitrogen and oxygen atoms in total. The molecule has 0 saturated heterocycles. The summed E-state index contributed by atoms with van der Waals surface area (Å²) in [5, 5.41) is 2.95. The Balaban J connectivity index is 2.21. The standard InChI is InChI=1S/C13H20Br2N2OS/c1-9(2)17(3)7-5-4-6-16-13(18)11-8-10(14)12(15)19-11/h8-9H,4-7H2,1-3H3,(H,16,18). The minimum Gasteiger partial charge on any atom is -0.351 e. The van der Waals surface area contributed by atoms with Crippen molar-refractivity contribution in [2.24, 2.45) is 0 Å². The molecule has 19 heavy (non-hydrogen) atoms. The molecule has 0 aliphatic carbocycles. The van der Waals surface area contributed by atoms with Gasteiger partial charge in [0.1, 0.15) is 0 Å². The number of nitrogens with one attached hydrogen (secondary N) is 1. The van der Waals surface area contributed by atoms with Crippen molar-refractivity contribution in [2.45, 2.75) is 32.7 Å². The van der Waals surface area contributed by atoms with E-state index in [-0.39, 0.29) is 5.91 Å². The van der Waals surface area contributed by atoms with Gasteiger partial charge in [-0.1, -0.05) is 0 Å². The van der Waals surface area contributed by atoms with Crippen LogP contribution < -0.4 is 5.32 Å². The minimum absolute atomic E-state index is 0.00798. The van der Waals surface area contributed by atoms with Gasteiger partial charge in [0, 0.05) is 17.1 Å². The molecule has 0 bridgehead atoms. The molecule has 0 saturated carbocycles. The third-order valence-electron chi connectivity index (χ3n) is 2.97. The molecule has 0 fully saturated rings. The van der Waals surface area contributed by atoms with Crippen molar-refractivity contribution in [1.82, 2.24) is 10.2 Å². The fourth-order valence-corrected chi connectivity index (χ4v) is 3.44. The Morgan fingerprint density at radius 1 is 1.42 bits per heavy atom. The van der Waals surface area contributed by atoms with Gasteiger partial charge in [0.25, 0.3) is 5.91 Å². The van der Waals surface area contributed by atoms with Crippen molar-refractivity contribution in [3.63, 3.8) is 0 Å². The first-order valence-corrected chi connectivity index (χ1v) is 8.75. The minimum atomic E-state index is 0.00798. The van der Waals surface area contributed by atoms with Crippen LogP contribution >= 0.6 is 43.2 Å². The molecule has 6 heteroatoms. The highest BCUT2D eigenvalue weighted by atomic mass is 79.9. The molecule has 1 aromatic heterocycles. The molecular weight excluding hydrogens is 392 g/mol. The number of thiophene rings is 1. The van der Waals surface area contributed by atoms with Crippen molar-refractivity contribution < 1.29 is 4.79 Å². The Bertz CT molecular complexity index is 401. The number of hydrogen-bond donors (Lipinski definition) is 1. The maximum absolute atomic E-state index is 11.9. The van der Waals surface area contributed by atoms with Crippen LogP contribution in [0, 0.1) is 0 Å². The number of amides is 1. The zero-order chi connectivity index (χ0) is 14.4. The van der Waals surface area contributed by atoms with E-state index >= 15 is 0 Å². The Morgan fingerprint density at radius 3 is 2.63 bits per heavy atom. The van der Waals surface area contributed by atoms with Crippen molar-refractivity contribution in [3.8, 4) is 0 Å². The quantitative estimate of drug-likeness (QED) is 0.684. The summed E-state index contributed by atoms with van der Waals surface area (Å²) in [7, 11) is 2.13. The number of carbonyl (C=O) groups is 1. The molecule has 1 heterocycles. The zero-order valence-corrected chi connectivity index (χ0v) is 15.5. The second kappa shape index (κ2) is 8.39. The number of rotatable bonds is 7. The van der Waals surface area contributed by atoms with Gasteiger partial charge in [-0.3, -0.25) is 4.79 Å². The average Bonchev–Trinajstić information content (AvgIpc) is 2.68. The summed E-state index contributed by atoms with van der Waals surface area (Å²) in [4.78, 5) is 14.9. The van der Waals surface area contributed by atoms with E-state index in [4.69, 9.17) is 0 Å². The van der Waals surface area contributed by atoms with E-state index in [0.29, 0.717) is 6.04 Å². The molecule has 0 atom stereocenters. The van der Waals surface area contributed by atoms with Crippen LogP contribution in [0.1, 0.15) is 36.4 Å². The SMILES string of the molecule is CC(C)N(C)CCCCNC(=O)c1cc(Br)c(Br)s1. The van der Waals surface area contributed by atoms with Crippen LogP contribution in [0.2, 0.25) is 0 Å². The highest BCUT2D eigenvalue weighted by Gasteiger charge is 2.11. The molecule has 1 aromatic rings. The molecule has 1 N–H and O–H groups in total. The summed E-state index contributed by atoms with van der Waals surface area (Å²) in [6.45, 7) is 6.18. The number of halogens is 2. The van der Waals surface area contributed by atoms with E-state index in [1.165, 1.54) is 11.3 Å². The van der Waals surface area contributed by atoms with Gasteiger partial charge >= 0.3 is 0 Å². The van der Waals surface area contributed by atoms with E-state index in [0.717, 1.165) is 39.1 Å². The highest BCUT2D eigenvalue weighted by molar-refractivity contribution is 9.13. The number of unbranched alkanes of at least 4 members (excludes halogenated alkanes) is 1. The average molecular weight is 412 g/mol. The molecular formula is C13H20Br2N2OS. The summed E-state index contributed by atoms with van der Waals surface area (Å²) in [6, 6.07) is 2.42. The zero-order valence-electron chi connectivity index (χ0n) is 11.5. The second-order valence-electron chi connectivity index (χ2n) is 4.77. The number of hydrogen-bond acceptors (Lipinski definition) is 3. The predicted molar refractivity (Wildman–Crippen MR) is 89.1 cm³/mol. The summed E-state index contributed by atoms with van der Waals surface area (Å²) >= 11 is 8.22. The molecule has 108 valence electrons. The van der Waals surface area contributed by atoms with E-state index in [9.17, 15) is 4.79 Å². The summed E-state index contributed by atoms with van der Waals surface area (Å²) in [5.74, 6) is 0.00798. The Morgan fingerprint density at radius 2 is 2.11 bits per heavy atom. The first-order chi connectivity index (χ1) is 8.91. The van der Waals surface area contributed by atoms with Crippen molar-refractivity contribution in [1.29, 1.82) is 0 Å². The maximum Gasteiger partial charge on any atom is 0.261 e. The van der Waals surface area contributed by atoms with Gasteiger partial charge in [-0.15, -0.1) is 11.3 Å². The van der Waals surface area contributed by atoms with E-state index in [2.05, 4.69) is 63.0 Å². The highest BCUT2D eigenvalue weighted by Crippen LogP contribution is 2.32. The van der Waals surface area contributed by atoms with Crippen molar-refractivity contribution >= 4 is 49.1 Å². The lowest BCUT2D eigenvalue weighted by molar-refractivity contribution is 0.0956. The summed E-state index contributed by atoms with van der Waals surface area (Å²) in [6.07, 6.45) is 2.11. The topological polar surface area (TPSA) is 32.3 Å². The third kappa shape index (κ3) is 5.94. The lowest BCUT2D eigenvalue weighted by Crippen LogP contribution is -2.28. The Hall–Kier alpha value is 0.0900. The lowest BCUT2D eigenvalue weighted by atomic mass is 10.2. The molecule has 1 amide bonds. The first-order valence-electron chi connectivity index (χ1n) is 6.35. The molecule has 0 radical (unpaired) electrons. The van der Waals surface area contributed by atoms with E-state index < -0.39 is 0 Å². The second-order valence-corrected chi connectivity index (χ2v) is 7.99. The van der Waals surface area contributed by atoms with Crippen molar-refractivity contribution in [2.75, 3.05) is 20.1 Å². The van der Waals surface area contributed by atoms with Crippen LogP contribution in [0.4, 0.5) is 0 Å². The smallest absolute Gasteiger partial charge is 0.261 e. The Kier molecular flexibility index (Phi) is 7.57. The monoisotopic (exact) mass is 410 g/mol. The molecule has 0 aliphatic rings. The largest absolute Gasteiger partial charge is 0.351 e. The summed E-state index contributed by atoms with van der Waals surface area (Å²) in [5.41, 5.74) is 0. The van der Waals surface area contributed by atoms with Gasteiger partial charge in [-0.05, 0) is 78.2 Å². The molecule has 0 unspecified atom stereocenters. The van der Waals surface area contributed by atoms with Crippen LogP contribution in [0.15, 0.2) is 14.3 Å². The van der Waals surface area contributed by atoms with E-state index in [1.54, 1.807) is 0 Å².